The van der Waals surface area contributed by atoms with Gasteiger partial charge in [0, 0.05) is 6.54 Å². The molecule has 0 radical (unpaired) electrons. The summed E-state index contributed by atoms with van der Waals surface area (Å²) in [5.74, 6) is 1.74. The molecule has 2 atom stereocenters. The van der Waals surface area contributed by atoms with Crippen molar-refractivity contribution >= 4 is 11.7 Å². The second kappa shape index (κ2) is 6.22. The summed E-state index contributed by atoms with van der Waals surface area (Å²) in [6, 6.07) is 10.3. The van der Waals surface area contributed by atoms with E-state index in [0.717, 1.165) is 18.5 Å². The number of hydrogen-bond donors (Lipinski definition) is 2. The molecule has 1 aromatic carbocycles. The van der Waals surface area contributed by atoms with Crippen LogP contribution in [0.3, 0.4) is 0 Å². The van der Waals surface area contributed by atoms with Gasteiger partial charge in [-0.05, 0) is 37.2 Å². The second-order valence-corrected chi connectivity index (χ2v) is 5.76. The molecule has 0 aliphatic heterocycles. The lowest BCUT2D eigenvalue weighted by atomic mass is 10.1. The SMILES string of the molecule is CCc1noc(C)c1NC(=O)NC[C@@H]1C[C@H]1c1ccccc1. The number of aryl methyl sites for hydroxylation is 2. The Labute approximate surface area is 130 Å². The Morgan fingerprint density at radius 2 is 2.14 bits per heavy atom. The van der Waals surface area contributed by atoms with Crippen LogP contribution < -0.4 is 10.6 Å². The van der Waals surface area contributed by atoms with Crippen LogP contribution >= 0.6 is 0 Å². The molecule has 5 nitrogen and oxygen atoms in total. The van der Waals surface area contributed by atoms with Crippen molar-refractivity contribution in [2.45, 2.75) is 32.6 Å². The van der Waals surface area contributed by atoms with E-state index >= 15 is 0 Å². The minimum Gasteiger partial charge on any atom is -0.359 e. The lowest BCUT2D eigenvalue weighted by Crippen LogP contribution is -2.31. The van der Waals surface area contributed by atoms with Gasteiger partial charge in [-0.3, -0.25) is 0 Å². The first-order valence-corrected chi connectivity index (χ1v) is 7.74. The summed E-state index contributed by atoms with van der Waals surface area (Å²) >= 11 is 0. The maximum absolute atomic E-state index is 12.0. The Bertz CT molecular complexity index is 651. The fraction of sp³-hybridized carbons (Fsp3) is 0.412. The highest BCUT2D eigenvalue weighted by atomic mass is 16.5. The van der Waals surface area contributed by atoms with Gasteiger partial charge in [0.1, 0.15) is 11.4 Å². The largest absolute Gasteiger partial charge is 0.359 e. The number of rotatable bonds is 5. The van der Waals surface area contributed by atoms with Crippen LogP contribution in [-0.4, -0.2) is 17.7 Å². The second-order valence-electron chi connectivity index (χ2n) is 5.76. The predicted octanol–water partition coefficient (Wildman–Crippen LogP) is 3.47. The van der Waals surface area contributed by atoms with Crippen LogP contribution in [0.2, 0.25) is 0 Å². The highest BCUT2D eigenvalue weighted by molar-refractivity contribution is 5.90. The van der Waals surface area contributed by atoms with Crippen molar-refractivity contribution in [1.29, 1.82) is 0 Å². The van der Waals surface area contributed by atoms with E-state index in [0.29, 0.717) is 29.8 Å². The summed E-state index contributed by atoms with van der Waals surface area (Å²) in [7, 11) is 0. The van der Waals surface area contributed by atoms with Gasteiger partial charge in [-0.1, -0.05) is 42.4 Å². The van der Waals surface area contributed by atoms with E-state index in [9.17, 15) is 4.79 Å². The third-order valence-corrected chi connectivity index (χ3v) is 4.18. The molecule has 0 saturated heterocycles. The highest BCUT2D eigenvalue weighted by Crippen LogP contribution is 2.46. The third-order valence-electron chi connectivity index (χ3n) is 4.18. The first-order valence-electron chi connectivity index (χ1n) is 7.74. The Hall–Kier alpha value is -2.30. The molecule has 1 saturated carbocycles. The lowest BCUT2D eigenvalue weighted by Gasteiger charge is -2.07. The van der Waals surface area contributed by atoms with Gasteiger partial charge < -0.3 is 15.2 Å². The minimum absolute atomic E-state index is 0.195. The molecule has 1 fully saturated rings. The zero-order valence-corrected chi connectivity index (χ0v) is 12.9. The fourth-order valence-corrected chi connectivity index (χ4v) is 2.78. The average molecular weight is 299 g/mol. The van der Waals surface area contributed by atoms with Crippen molar-refractivity contribution in [3.05, 3.63) is 47.3 Å². The molecule has 3 rings (SSSR count). The van der Waals surface area contributed by atoms with Crippen molar-refractivity contribution in [3.8, 4) is 0 Å². The number of aromatic nitrogens is 1. The number of anilines is 1. The van der Waals surface area contributed by atoms with Gasteiger partial charge >= 0.3 is 6.03 Å². The number of urea groups is 1. The predicted molar refractivity (Wildman–Crippen MR) is 84.9 cm³/mol. The molecular formula is C17H21N3O2. The number of amides is 2. The van der Waals surface area contributed by atoms with Crippen LogP contribution in [0.15, 0.2) is 34.9 Å². The molecule has 1 aliphatic carbocycles. The topological polar surface area (TPSA) is 67.2 Å². The number of nitrogens with zero attached hydrogens (tertiary/aromatic N) is 1. The molecule has 2 N–H and O–H groups in total. The standard InChI is InChI=1S/C17H21N3O2/c1-3-15-16(11(2)22-20-15)19-17(21)18-10-13-9-14(13)12-7-5-4-6-8-12/h4-8,13-14H,3,9-10H2,1-2H3,(H2,18,19,21)/t13-,14-/m0/s1. The summed E-state index contributed by atoms with van der Waals surface area (Å²) < 4.78 is 5.11. The molecule has 5 heteroatoms. The van der Waals surface area contributed by atoms with Crippen LogP contribution in [0, 0.1) is 12.8 Å². The van der Waals surface area contributed by atoms with E-state index in [1.54, 1.807) is 6.92 Å². The number of carbonyl (C=O) groups excluding carboxylic acids is 1. The Balaban J connectivity index is 1.49. The Morgan fingerprint density at radius 3 is 2.86 bits per heavy atom. The summed E-state index contributed by atoms with van der Waals surface area (Å²) in [4.78, 5) is 12.0. The Morgan fingerprint density at radius 1 is 1.36 bits per heavy atom. The van der Waals surface area contributed by atoms with Crippen molar-refractivity contribution < 1.29 is 9.32 Å². The monoisotopic (exact) mass is 299 g/mol. The summed E-state index contributed by atoms with van der Waals surface area (Å²) in [5.41, 5.74) is 2.83. The zero-order valence-electron chi connectivity index (χ0n) is 12.9. The fourth-order valence-electron chi connectivity index (χ4n) is 2.78. The molecular weight excluding hydrogens is 278 g/mol. The van der Waals surface area contributed by atoms with Crippen LogP contribution in [0.4, 0.5) is 10.5 Å². The molecule has 0 bridgehead atoms. The van der Waals surface area contributed by atoms with Gasteiger partial charge in [-0.25, -0.2) is 4.79 Å². The van der Waals surface area contributed by atoms with Crippen molar-refractivity contribution in [2.75, 3.05) is 11.9 Å². The van der Waals surface area contributed by atoms with Crippen LogP contribution in [0.5, 0.6) is 0 Å². The first-order chi connectivity index (χ1) is 10.7. The van der Waals surface area contributed by atoms with Crippen molar-refractivity contribution in [3.63, 3.8) is 0 Å². The molecule has 1 aliphatic rings. The third kappa shape index (κ3) is 3.13. The molecule has 0 unspecified atom stereocenters. The van der Waals surface area contributed by atoms with E-state index < -0.39 is 0 Å². The molecule has 2 aromatic rings. The van der Waals surface area contributed by atoms with E-state index in [2.05, 4.69) is 40.1 Å². The van der Waals surface area contributed by atoms with Gasteiger partial charge in [0.05, 0.1) is 0 Å². The quantitative estimate of drug-likeness (QED) is 0.888. The number of carbonyl (C=O) groups is 1. The first kappa shape index (κ1) is 14.6. The maximum atomic E-state index is 12.0. The van der Waals surface area contributed by atoms with E-state index in [1.807, 2.05) is 13.0 Å². The van der Waals surface area contributed by atoms with Gasteiger partial charge in [-0.2, -0.15) is 0 Å². The molecule has 22 heavy (non-hydrogen) atoms. The van der Waals surface area contributed by atoms with Crippen LogP contribution in [0.1, 0.15) is 36.3 Å². The lowest BCUT2D eigenvalue weighted by molar-refractivity contribution is 0.251. The summed E-state index contributed by atoms with van der Waals surface area (Å²) in [6.07, 6.45) is 1.86. The zero-order chi connectivity index (χ0) is 15.5. The van der Waals surface area contributed by atoms with Gasteiger partial charge in [0.25, 0.3) is 0 Å². The van der Waals surface area contributed by atoms with Crippen LogP contribution in [-0.2, 0) is 6.42 Å². The van der Waals surface area contributed by atoms with E-state index in [4.69, 9.17) is 4.52 Å². The van der Waals surface area contributed by atoms with Crippen molar-refractivity contribution in [2.24, 2.45) is 5.92 Å². The molecule has 116 valence electrons. The number of nitrogens with one attached hydrogen (secondary N) is 2. The maximum Gasteiger partial charge on any atom is 0.319 e. The molecule has 0 spiro atoms. The van der Waals surface area contributed by atoms with Gasteiger partial charge in [-0.15, -0.1) is 0 Å². The van der Waals surface area contributed by atoms with Gasteiger partial charge in [0.2, 0.25) is 0 Å². The minimum atomic E-state index is -0.195. The normalized spacial score (nSPS) is 19.7. The molecule has 2 amide bonds. The smallest absolute Gasteiger partial charge is 0.319 e. The number of benzene rings is 1. The van der Waals surface area contributed by atoms with E-state index in [1.165, 1.54) is 5.56 Å². The van der Waals surface area contributed by atoms with E-state index in [-0.39, 0.29) is 6.03 Å². The molecule has 1 aromatic heterocycles. The Kier molecular flexibility index (Phi) is 4.13. The van der Waals surface area contributed by atoms with Crippen LogP contribution in [0.25, 0.3) is 0 Å². The summed E-state index contributed by atoms with van der Waals surface area (Å²) in [6.45, 7) is 4.47. The van der Waals surface area contributed by atoms with Gasteiger partial charge in [0.15, 0.2) is 5.76 Å². The molecule has 1 heterocycles. The highest BCUT2D eigenvalue weighted by Gasteiger charge is 2.38. The van der Waals surface area contributed by atoms with Crippen molar-refractivity contribution in [1.82, 2.24) is 10.5 Å². The summed E-state index contributed by atoms with van der Waals surface area (Å²) in [5, 5.41) is 9.71. The number of hydrogen-bond acceptors (Lipinski definition) is 3. The average Bonchev–Trinajstić information content (AvgIpc) is 3.25.